The largest absolute Gasteiger partial charge is 0.487 e. The fourth-order valence-electron chi connectivity index (χ4n) is 3.58. The quantitative estimate of drug-likeness (QED) is 0.868. The van der Waals surface area contributed by atoms with Gasteiger partial charge in [0, 0.05) is 38.1 Å². The van der Waals surface area contributed by atoms with E-state index in [1.165, 1.54) is 11.1 Å². The number of aryl methyl sites for hydroxylation is 1. The lowest BCUT2D eigenvalue weighted by atomic mass is 10.0. The summed E-state index contributed by atoms with van der Waals surface area (Å²) in [5, 5.41) is 0. The maximum Gasteiger partial charge on any atom is 0.135 e. The summed E-state index contributed by atoms with van der Waals surface area (Å²) in [6.07, 6.45) is 1.94. The highest BCUT2D eigenvalue weighted by Gasteiger charge is 2.24. The highest BCUT2D eigenvalue weighted by atomic mass is 16.5. The number of hydrogen-bond acceptors (Lipinski definition) is 5. The summed E-state index contributed by atoms with van der Waals surface area (Å²) in [6.45, 7) is 5.14. The van der Waals surface area contributed by atoms with Crippen molar-refractivity contribution >= 4 is 5.82 Å². The van der Waals surface area contributed by atoms with E-state index in [1.807, 2.05) is 19.1 Å². The predicted octanol–water partition coefficient (Wildman–Crippen LogP) is 2.74. The van der Waals surface area contributed by atoms with Crippen molar-refractivity contribution < 1.29 is 9.47 Å². The van der Waals surface area contributed by atoms with Gasteiger partial charge in [0.15, 0.2) is 0 Å². The minimum Gasteiger partial charge on any atom is -0.487 e. The summed E-state index contributed by atoms with van der Waals surface area (Å²) in [5.74, 6) is 3.36. The maximum atomic E-state index is 5.97. The normalized spacial score (nSPS) is 19.2. The van der Waals surface area contributed by atoms with E-state index in [9.17, 15) is 0 Å². The van der Waals surface area contributed by atoms with Crippen LogP contribution in [-0.2, 0) is 17.8 Å². The number of aromatic nitrogens is 2. The SMILES string of the molecule is Cc1nc2c(c(N(C)C[C@H]3CCOC3)n1)Cc1ccccc1OC2. The summed E-state index contributed by atoms with van der Waals surface area (Å²) in [5.41, 5.74) is 3.39. The van der Waals surface area contributed by atoms with E-state index in [0.29, 0.717) is 12.5 Å². The molecule has 1 fully saturated rings. The van der Waals surface area contributed by atoms with Gasteiger partial charge in [0.1, 0.15) is 24.0 Å². The summed E-state index contributed by atoms with van der Waals surface area (Å²) < 4.78 is 11.5. The molecule has 1 atom stereocenters. The number of ether oxygens (including phenoxy) is 2. The molecule has 1 aromatic heterocycles. The van der Waals surface area contributed by atoms with Gasteiger partial charge in [0.25, 0.3) is 0 Å². The first-order valence-electron chi connectivity index (χ1n) is 8.56. The number of benzene rings is 1. The summed E-state index contributed by atoms with van der Waals surface area (Å²) in [6, 6.07) is 8.22. The van der Waals surface area contributed by atoms with Crippen LogP contribution in [0.2, 0.25) is 0 Å². The van der Waals surface area contributed by atoms with Crippen molar-refractivity contribution in [1.82, 2.24) is 9.97 Å². The Hall–Kier alpha value is -2.14. The molecule has 126 valence electrons. The van der Waals surface area contributed by atoms with Crippen molar-refractivity contribution in [2.75, 3.05) is 31.7 Å². The van der Waals surface area contributed by atoms with Crippen LogP contribution in [0.5, 0.6) is 5.75 Å². The fraction of sp³-hybridized carbons (Fsp3) is 0.474. The molecule has 5 heteroatoms. The second-order valence-corrected chi connectivity index (χ2v) is 6.70. The van der Waals surface area contributed by atoms with Crippen LogP contribution >= 0.6 is 0 Å². The van der Waals surface area contributed by atoms with Gasteiger partial charge in [-0.25, -0.2) is 9.97 Å². The Balaban J connectivity index is 1.69. The van der Waals surface area contributed by atoms with Gasteiger partial charge in [0.2, 0.25) is 0 Å². The van der Waals surface area contributed by atoms with Gasteiger partial charge in [-0.05, 0) is 25.0 Å². The Kier molecular flexibility index (Phi) is 4.10. The predicted molar refractivity (Wildman–Crippen MR) is 92.5 cm³/mol. The van der Waals surface area contributed by atoms with Crippen LogP contribution in [0, 0.1) is 12.8 Å². The Morgan fingerprint density at radius 1 is 1.25 bits per heavy atom. The Morgan fingerprint density at radius 3 is 2.96 bits per heavy atom. The minimum absolute atomic E-state index is 0.503. The van der Waals surface area contributed by atoms with Gasteiger partial charge in [0.05, 0.1) is 12.3 Å². The van der Waals surface area contributed by atoms with E-state index in [1.54, 1.807) is 0 Å². The fourth-order valence-corrected chi connectivity index (χ4v) is 3.58. The number of nitrogens with zero attached hydrogens (tertiary/aromatic N) is 3. The van der Waals surface area contributed by atoms with Gasteiger partial charge < -0.3 is 14.4 Å². The highest BCUT2D eigenvalue weighted by Crippen LogP contribution is 2.32. The number of para-hydroxylation sites is 1. The minimum atomic E-state index is 0.503. The number of hydrogen-bond donors (Lipinski definition) is 0. The van der Waals surface area contributed by atoms with Crippen LogP contribution in [0.3, 0.4) is 0 Å². The maximum absolute atomic E-state index is 5.97. The van der Waals surface area contributed by atoms with Crippen LogP contribution in [0.15, 0.2) is 24.3 Å². The summed E-state index contributed by atoms with van der Waals surface area (Å²) in [7, 11) is 2.12. The molecule has 3 heterocycles. The Morgan fingerprint density at radius 2 is 2.12 bits per heavy atom. The van der Waals surface area contributed by atoms with Gasteiger partial charge in [-0.3, -0.25) is 0 Å². The molecule has 0 radical (unpaired) electrons. The van der Waals surface area contributed by atoms with Crippen molar-refractivity contribution in [3.05, 3.63) is 46.9 Å². The van der Waals surface area contributed by atoms with Crippen LogP contribution in [0.25, 0.3) is 0 Å². The van der Waals surface area contributed by atoms with E-state index < -0.39 is 0 Å². The first-order valence-corrected chi connectivity index (χ1v) is 8.56. The van der Waals surface area contributed by atoms with Crippen molar-refractivity contribution in [2.45, 2.75) is 26.4 Å². The lowest BCUT2D eigenvalue weighted by Crippen LogP contribution is -2.28. The van der Waals surface area contributed by atoms with Gasteiger partial charge in [-0.2, -0.15) is 0 Å². The molecule has 1 aromatic carbocycles. The van der Waals surface area contributed by atoms with Crippen molar-refractivity contribution in [3.63, 3.8) is 0 Å². The highest BCUT2D eigenvalue weighted by molar-refractivity contribution is 5.53. The molecule has 0 aliphatic carbocycles. The first-order chi connectivity index (χ1) is 11.7. The van der Waals surface area contributed by atoms with E-state index in [2.05, 4.69) is 29.1 Å². The molecule has 0 N–H and O–H groups in total. The average molecular weight is 325 g/mol. The molecular weight excluding hydrogens is 302 g/mol. The molecule has 24 heavy (non-hydrogen) atoms. The molecule has 2 aliphatic heterocycles. The third-order valence-corrected chi connectivity index (χ3v) is 4.80. The van der Waals surface area contributed by atoms with Crippen LogP contribution in [-0.4, -0.2) is 36.8 Å². The van der Waals surface area contributed by atoms with Crippen molar-refractivity contribution in [1.29, 1.82) is 0 Å². The molecule has 4 rings (SSSR count). The Labute approximate surface area is 142 Å². The monoisotopic (exact) mass is 325 g/mol. The van der Waals surface area contributed by atoms with E-state index in [-0.39, 0.29) is 0 Å². The lowest BCUT2D eigenvalue weighted by Gasteiger charge is -2.24. The van der Waals surface area contributed by atoms with Gasteiger partial charge >= 0.3 is 0 Å². The van der Waals surface area contributed by atoms with Gasteiger partial charge in [-0.1, -0.05) is 18.2 Å². The summed E-state index contributed by atoms with van der Waals surface area (Å²) >= 11 is 0. The molecule has 1 saturated heterocycles. The third kappa shape index (κ3) is 2.96. The molecule has 5 nitrogen and oxygen atoms in total. The molecule has 0 bridgehead atoms. The summed E-state index contributed by atoms with van der Waals surface area (Å²) in [4.78, 5) is 11.7. The first kappa shape index (κ1) is 15.4. The second kappa shape index (κ2) is 6.40. The van der Waals surface area contributed by atoms with Crippen molar-refractivity contribution in [2.24, 2.45) is 5.92 Å². The lowest BCUT2D eigenvalue weighted by molar-refractivity contribution is 0.186. The average Bonchev–Trinajstić information content (AvgIpc) is 3.01. The molecular formula is C19H23N3O2. The molecule has 0 amide bonds. The number of fused-ring (bicyclic) bond motifs is 2. The Bertz CT molecular complexity index is 741. The van der Waals surface area contributed by atoms with E-state index in [0.717, 1.165) is 55.7 Å². The number of anilines is 1. The number of rotatable bonds is 3. The topological polar surface area (TPSA) is 47.5 Å². The molecule has 2 aliphatic rings. The molecule has 0 saturated carbocycles. The van der Waals surface area contributed by atoms with Crippen LogP contribution in [0.1, 0.15) is 29.1 Å². The standard InChI is InChI=1S/C19H23N3O2/c1-13-20-17-12-24-18-6-4-3-5-15(18)9-16(17)19(21-13)22(2)10-14-7-8-23-11-14/h3-6,14H,7-12H2,1-2H3/t14-/m1/s1. The zero-order valence-electron chi connectivity index (χ0n) is 14.3. The smallest absolute Gasteiger partial charge is 0.135 e. The molecule has 0 spiro atoms. The van der Waals surface area contributed by atoms with Crippen LogP contribution < -0.4 is 9.64 Å². The zero-order valence-corrected chi connectivity index (χ0v) is 14.3. The van der Waals surface area contributed by atoms with E-state index >= 15 is 0 Å². The second-order valence-electron chi connectivity index (χ2n) is 6.70. The van der Waals surface area contributed by atoms with E-state index in [4.69, 9.17) is 14.5 Å². The zero-order chi connectivity index (χ0) is 16.5. The third-order valence-electron chi connectivity index (χ3n) is 4.80. The molecule has 2 aromatic rings. The van der Waals surface area contributed by atoms with Gasteiger partial charge in [-0.15, -0.1) is 0 Å². The molecule has 0 unspecified atom stereocenters. The van der Waals surface area contributed by atoms with Crippen LogP contribution in [0.4, 0.5) is 5.82 Å². The van der Waals surface area contributed by atoms with Crippen molar-refractivity contribution in [3.8, 4) is 5.75 Å².